The fraction of sp³-hybridized carbons (Fsp3) is 0.842. The molecule has 158 valence electrons. The van der Waals surface area contributed by atoms with Gasteiger partial charge in [0.1, 0.15) is 18.3 Å². The van der Waals surface area contributed by atoms with Gasteiger partial charge in [0, 0.05) is 12.8 Å². The maximum Gasteiger partial charge on any atom is 0.220 e. The molecule has 1 rings (SSSR count). The van der Waals surface area contributed by atoms with Crippen molar-refractivity contribution in [2.45, 2.75) is 95.0 Å². The van der Waals surface area contributed by atoms with Gasteiger partial charge in [0.15, 0.2) is 0 Å². The van der Waals surface area contributed by atoms with Gasteiger partial charge < -0.3 is 35.6 Å². The van der Waals surface area contributed by atoms with Crippen LogP contribution < -0.4 is 5.32 Å². The molecular formula is C19H35NO7. The summed E-state index contributed by atoms with van der Waals surface area (Å²) in [6.45, 7) is 3.55. The lowest BCUT2D eigenvalue weighted by atomic mass is 9.96. The second-order valence-electron chi connectivity index (χ2n) is 7.14. The van der Waals surface area contributed by atoms with Crippen molar-refractivity contribution >= 4 is 5.91 Å². The molecule has 1 aliphatic carbocycles. The van der Waals surface area contributed by atoms with Crippen LogP contribution in [0.4, 0.5) is 0 Å². The van der Waals surface area contributed by atoms with Gasteiger partial charge in [-0.3, -0.25) is 4.79 Å². The molecule has 8 nitrogen and oxygen atoms in total. The molecule has 1 aliphatic rings. The fourth-order valence-corrected chi connectivity index (χ4v) is 2.94. The number of rotatable bonds is 10. The van der Waals surface area contributed by atoms with Gasteiger partial charge in [-0.05, 0) is 25.7 Å². The van der Waals surface area contributed by atoms with E-state index in [4.69, 9.17) is 4.74 Å². The zero-order chi connectivity index (χ0) is 20.4. The molecule has 0 saturated heterocycles. The van der Waals surface area contributed by atoms with Crippen LogP contribution in [-0.2, 0) is 9.53 Å². The van der Waals surface area contributed by atoms with Crippen LogP contribution in [0.5, 0.6) is 0 Å². The summed E-state index contributed by atoms with van der Waals surface area (Å²) in [6.07, 6.45) is -0.589. The van der Waals surface area contributed by atoms with E-state index >= 15 is 0 Å². The first-order valence-corrected chi connectivity index (χ1v) is 9.78. The van der Waals surface area contributed by atoms with E-state index in [-0.39, 0.29) is 18.9 Å². The Labute approximate surface area is 160 Å². The first kappa shape index (κ1) is 24.0. The van der Waals surface area contributed by atoms with Crippen molar-refractivity contribution in [1.82, 2.24) is 5.32 Å². The average Bonchev–Trinajstić information content (AvgIpc) is 2.64. The predicted octanol–water partition coefficient (Wildman–Crippen LogP) is -0.389. The Morgan fingerprint density at radius 2 is 1.93 bits per heavy atom. The number of aliphatic hydroxyl groups excluding tert-OH is 5. The third-order valence-corrected chi connectivity index (χ3v) is 4.78. The molecule has 7 unspecified atom stereocenters. The van der Waals surface area contributed by atoms with Crippen molar-refractivity contribution in [2.24, 2.45) is 0 Å². The van der Waals surface area contributed by atoms with Gasteiger partial charge in [-0.25, -0.2) is 0 Å². The quantitative estimate of drug-likeness (QED) is 0.280. The topological polar surface area (TPSA) is 139 Å². The van der Waals surface area contributed by atoms with Crippen molar-refractivity contribution in [1.29, 1.82) is 0 Å². The molecule has 0 aromatic carbocycles. The fourth-order valence-electron chi connectivity index (χ4n) is 2.94. The number of hydrogen-bond acceptors (Lipinski definition) is 7. The van der Waals surface area contributed by atoms with E-state index in [0.29, 0.717) is 32.1 Å². The summed E-state index contributed by atoms with van der Waals surface area (Å²) in [7, 11) is 0. The van der Waals surface area contributed by atoms with Gasteiger partial charge in [0.2, 0.25) is 5.91 Å². The highest BCUT2D eigenvalue weighted by molar-refractivity contribution is 5.76. The molecular weight excluding hydrogens is 354 g/mol. The molecule has 0 bridgehead atoms. The van der Waals surface area contributed by atoms with Crippen LogP contribution in [-0.4, -0.2) is 80.7 Å². The van der Waals surface area contributed by atoms with Gasteiger partial charge in [-0.1, -0.05) is 26.0 Å². The summed E-state index contributed by atoms with van der Waals surface area (Å²) in [5.74, 6) is -0.236. The Hall–Kier alpha value is -1.03. The van der Waals surface area contributed by atoms with Crippen LogP contribution in [0.3, 0.4) is 0 Å². The van der Waals surface area contributed by atoms with E-state index in [2.05, 4.69) is 5.32 Å². The first-order chi connectivity index (χ1) is 12.8. The lowest BCUT2D eigenvalue weighted by Gasteiger charge is -2.32. The summed E-state index contributed by atoms with van der Waals surface area (Å²) in [5, 5.41) is 52.9. The Kier molecular flexibility index (Phi) is 11.1. The SMILES string of the molecule is CCCC(=O)NC(COC1/C=C\CCC(O)C(O)C1O)C(O)CC(O)CC. The van der Waals surface area contributed by atoms with Crippen LogP contribution in [0.1, 0.15) is 52.4 Å². The smallest absolute Gasteiger partial charge is 0.220 e. The molecule has 8 heteroatoms. The number of carbonyl (C=O) groups excluding carboxylic acids is 1. The molecule has 0 aromatic rings. The Bertz CT molecular complexity index is 459. The van der Waals surface area contributed by atoms with Crippen molar-refractivity contribution in [3.05, 3.63) is 12.2 Å². The summed E-state index contributed by atoms with van der Waals surface area (Å²) >= 11 is 0. The maximum atomic E-state index is 11.9. The molecule has 0 spiro atoms. The van der Waals surface area contributed by atoms with Crippen molar-refractivity contribution in [3.63, 3.8) is 0 Å². The molecule has 27 heavy (non-hydrogen) atoms. The van der Waals surface area contributed by atoms with Crippen LogP contribution in [0.2, 0.25) is 0 Å². The Balaban J connectivity index is 2.77. The average molecular weight is 389 g/mol. The molecule has 7 atom stereocenters. The normalized spacial score (nSPS) is 30.6. The minimum Gasteiger partial charge on any atom is -0.393 e. The van der Waals surface area contributed by atoms with Gasteiger partial charge in [0.25, 0.3) is 0 Å². The number of nitrogens with one attached hydrogen (secondary N) is 1. The summed E-state index contributed by atoms with van der Waals surface area (Å²) in [4.78, 5) is 11.9. The lowest BCUT2D eigenvalue weighted by molar-refractivity contribution is -0.128. The third kappa shape index (κ3) is 8.25. The minimum absolute atomic E-state index is 0.0847. The molecule has 0 radical (unpaired) electrons. The van der Waals surface area contributed by atoms with Crippen LogP contribution in [0, 0.1) is 0 Å². The summed E-state index contributed by atoms with van der Waals surface area (Å²) in [6, 6.07) is -0.765. The molecule has 1 amide bonds. The van der Waals surface area contributed by atoms with Crippen molar-refractivity contribution < 1.29 is 35.1 Å². The number of allylic oxidation sites excluding steroid dienone is 1. The zero-order valence-corrected chi connectivity index (χ0v) is 16.2. The summed E-state index contributed by atoms with van der Waals surface area (Å²) in [5.41, 5.74) is 0. The highest BCUT2D eigenvalue weighted by atomic mass is 16.5. The van der Waals surface area contributed by atoms with Crippen LogP contribution in [0.25, 0.3) is 0 Å². The molecule has 0 saturated carbocycles. The molecule has 6 N–H and O–H groups in total. The van der Waals surface area contributed by atoms with E-state index in [9.17, 15) is 30.3 Å². The van der Waals surface area contributed by atoms with Crippen molar-refractivity contribution in [3.8, 4) is 0 Å². The van der Waals surface area contributed by atoms with Crippen LogP contribution in [0.15, 0.2) is 12.2 Å². The van der Waals surface area contributed by atoms with Gasteiger partial charge in [-0.15, -0.1) is 0 Å². The van der Waals surface area contributed by atoms with Crippen LogP contribution >= 0.6 is 0 Å². The van der Waals surface area contributed by atoms with E-state index in [1.54, 1.807) is 19.1 Å². The van der Waals surface area contributed by atoms with E-state index in [0.717, 1.165) is 0 Å². The first-order valence-electron chi connectivity index (χ1n) is 9.78. The van der Waals surface area contributed by atoms with E-state index < -0.39 is 42.7 Å². The van der Waals surface area contributed by atoms with E-state index in [1.165, 1.54) is 0 Å². The largest absolute Gasteiger partial charge is 0.393 e. The molecule has 0 aliphatic heterocycles. The number of amides is 1. The highest BCUT2D eigenvalue weighted by Gasteiger charge is 2.33. The monoisotopic (exact) mass is 389 g/mol. The van der Waals surface area contributed by atoms with Gasteiger partial charge in [-0.2, -0.15) is 0 Å². The van der Waals surface area contributed by atoms with Crippen molar-refractivity contribution in [2.75, 3.05) is 6.61 Å². The van der Waals surface area contributed by atoms with E-state index in [1.807, 2.05) is 6.92 Å². The minimum atomic E-state index is -1.35. The zero-order valence-electron chi connectivity index (χ0n) is 16.2. The number of carbonyl (C=O) groups is 1. The lowest BCUT2D eigenvalue weighted by Crippen LogP contribution is -2.50. The second kappa shape index (κ2) is 12.4. The Morgan fingerprint density at radius 1 is 1.22 bits per heavy atom. The number of ether oxygens (including phenoxy) is 1. The maximum absolute atomic E-state index is 11.9. The third-order valence-electron chi connectivity index (χ3n) is 4.78. The predicted molar refractivity (Wildman–Crippen MR) is 99.9 cm³/mol. The standard InChI is InChI=1S/C19H35NO7/c1-3-7-17(24)20-13(15(23)10-12(21)4-2)11-27-16-9-6-5-8-14(22)18(25)19(16)26/h6,9,12-16,18-19,21-23,25-26H,3-5,7-8,10-11H2,1-2H3,(H,20,24)/b9-6-. The highest BCUT2D eigenvalue weighted by Crippen LogP contribution is 2.18. The van der Waals surface area contributed by atoms with Gasteiger partial charge in [0.05, 0.1) is 31.0 Å². The molecule has 0 heterocycles. The number of hydrogen-bond donors (Lipinski definition) is 6. The Morgan fingerprint density at radius 3 is 2.56 bits per heavy atom. The number of aliphatic hydroxyl groups is 5. The van der Waals surface area contributed by atoms with Gasteiger partial charge >= 0.3 is 0 Å². The molecule has 0 fully saturated rings. The second-order valence-corrected chi connectivity index (χ2v) is 7.14. The molecule has 0 aromatic heterocycles. The summed E-state index contributed by atoms with van der Waals surface area (Å²) < 4.78 is 5.66.